The predicted molar refractivity (Wildman–Crippen MR) is 108 cm³/mol. The summed E-state index contributed by atoms with van der Waals surface area (Å²) in [5.41, 5.74) is 1.19. The third-order valence-corrected chi connectivity index (χ3v) is 5.39. The summed E-state index contributed by atoms with van der Waals surface area (Å²) in [7, 11) is 1.70. The Hall–Kier alpha value is -3.21. The van der Waals surface area contributed by atoms with Crippen molar-refractivity contribution in [2.24, 2.45) is 5.92 Å². The van der Waals surface area contributed by atoms with Gasteiger partial charge in [0.15, 0.2) is 5.13 Å². The van der Waals surface area contributed by atoms with Gasteiger partial charge < -0.3 is 15.5 Å². The van der Waals surface area contributed by atoms with Crippen LogP contribution in [0.4, 0.5) is 35.5 Å². The summed E-state index contributed by atoms with van der Waals surface area (Å²) in [6.07, 6.45) is -3.17. The Morgan fingerprint density at radius 2 is 1.90 bits per heavy atom. The van der Waals surface area contributed by atoms with Crippen LogP contribution >= 0.6 is 11.3 Å². The van der Waals surface area contributed by atoms with Crippen molar-refractivity contribution in [1.82, 2.24) is 9.97 Å². The first-order chi connectivity index (χ1) is 14.2. The molecule has 3 aromatic rings. The van der Waals surface area contributed by atoms with E-state index in [1.54, 1.807) is 30.1 Å². The van der Waals surface area contributed by atoms with Crippen LogP contribution in [0.15, 0.2) is 36.4 Å². The summed E-state index contributed by atoms with van der Waals surface area (Å²) in [5.74, 6) is -1.47. The van der Waals surface area contributed by atoms with Crippen molar-refractivity contribution in [3.8, 4) is 0 Å². The van der Waals surface area contributed by atoms with Gasteiger partial charge in [-0.2, -0.15) is 13.2 Å². The number of hydrogen-bond donors (Lipinski definition) is 2. The molecule has 0 radical (unpaired) electrons. The molecule has 7 nitrogen and oxygen atoms in total. The van der Waals surface area contributed by atoms with Gasteiger partial charge in [-0.25, -0.2) is 9.97 Å². The summed E-state index contributed by atoms with van der Waals surface area (Å²) in [6.45, 7) is 0. The van der Waals surface area contributed by atoms with E-state index in [1.165, 1.54) is 29.5 Å². The second kappa shape index (κ2) is 7.56. The van der Waals surface area contributed by atoms with Gasteiger partial charge >= 0.3 is 12.1 Å². The maximum atomic E-state index is 12.5. The summed E-state index contributed by atoms with van der Waals surface area (Å²) in [4.78, 5) is 34.2. The number of nitrogens with one attached hydrogen (secondary N) is 2. The van der Waals surface area contributed by atoms with Gasteiger partial charge in [-0.3, -0.25) is 9.59 Å². The lowest BCUT2D eigenvalue weighted by Crippen LogP contribution is -2.29. The fourth-order valence-corrected chi connectivity index (χ4v) is 3.56. The molecule has 0 atom stereocenters. The molecule has 1 aliphatic carbocycles. The molecule has 0 bridgehead atoms. The van der Waals surface area contributed by atoms with E-state index in [2.05, 4.69) is 15.3 Å². The number of aromatic nitrogens is 2. The van der Waals surface area contributed by atoms with Gasteiger partial charge in [0.05, 0.1) is 0 Å². The molecular weight excluding hydrogens is 419 g/mol. The Morgan fingerprint density at radius 3 is 2.60 bits per heavy atom. The number of hydrogen-bond acceptors (Lipinski definition) is 6. The Balaban J connectivity index is 1.53. The highest BCUT2D eigenvalue weighted by molar-refractivity contribution is 7.22. The monoisotopic (exact) mass is 435 g/mol. The molecule has 2 aromatic heterocycles. The van der Waals surface area contributed by atoms with Crippen molar-refractivity contribution in [3.63, 3.8) is 0 Å². The van der Waals surface area contributed by atoms with Crippen LogP contribution in [0.5, 0.6) is 0 Å². The summed E-state index contributed by atoms with van der Waals surface area (Å²) in [6, 6.07) is 9.49. The summed E-state index contributed by atoms with van der Waals surface area (Å²) >= 11 is 1.25. The Kier molecular flexibility index (Phi) is 5.06. The molecular formula is C19H16F3N5O2S. The summed E-state index contributed by atoms with van der Waals surface area (Å²) in [5, 5.41) is 5.11. The van der Waals surface area contributed by atoms with Gasteiger partial charge in [-0.1, -0.05) is 17.4 Å². The smallest absolute Gasteiger partial charge is 0.329 e. The fraction of sp³-hybridized carbons (Fsp3) is 0.263. The molecule has 30 heavy (non-hydrogen) atoms. The highest BCUT2D eigenvalue weighted by atomic mass is 32.1. The average molecular weight is 435 g/mol. The maximum absolute atomic E-state index is 12.5. The molecule has 0 spiro atoms. The van der Waals surface area contributed by atoms with Crippen LogP contribution in [0.3, 0.4) is 0 Å². The van der Waals surface area contributed by atoms with E-state index in [0.717, 1.165) is 12.8 Å². The van der Waals surface area contributed by atoms with E-state index in [9.17, 15) is 22.8 Å². The average Bonchev–Trinajstić information content (AvgIpc) is 3.47. The normalized spacial score (nSPS) is 13.9. The second-order valence-electron chi connectivity index (χ2n) is 6.84. The van der Waals surface area contributed by atoms with Crippen molar-refractivity contribution in [2.45, 2.75) is 19.0 Å². The highest BCUT2D eigenvalue weighted by Gasteiger charge is 2.38. The molecule has 2 amide bonds. The number of anilines is 4. The number of carbonyl (C=O) groups excluding carboxylic acids is 2. The van der Waals surface area contributed by atoms with Crippen LogP contribution in [0.1, 0.15) is 12.8 Å². The lowest BCUT2D eigenvalue weighted by Gasteiger charge is -2.19. The largest absolute Gasteiger partial charge is 0.471 e. The molecule has 2 N–H and O–H groups in total. The number of fused-ring (bicyclic) bond motifs is 1. The van der Waals surface area contributed by atoms with E-state index in [-0.39, 0.29) is 17.5 Å². The third kappa shape index (κ3) is 4.35. The zero-order chi connectivity index (χ0) is 21.5. The molecule has 4 rings (SSSR count). The maximum Gasteiger partial charge on any atom is 0.471 e. The van der Waals surface area contributed by atoms with Crippen LogP contribution in [-0.4, -0.2) is 35.0 Å². The number of alkyl halides is 3. The minimum atomic E-state index is -4.96. The first-order valence-corrected chi connectivity index (χ1v) is 9.83. The molecule has 11 heteroatoms. The molecule has 0 unspecified atom stereocenters. The van der Waals surface area contributed by atoms with Gasteiger partial charge in [0.1, 0.15) is 16.2 Å². The molecule has 1 fully saturated rings. The number of pyridine rings is 1. The molecule has 0 saturated heterocycles. The van der Waals surface area contributed by atoms with E-state index in [0.29, 0.717) is 27.0 Å². The van der Waals surface area contributed by atoms with Crippen molar-refractivity contribution in [2.75, 3.05) is 22.6 Å². The van der Waals surface area contributed by atoms with E-state index < -0.39 is 12.1 Å². The number of amides is 2. The highest BCUT2D eigenvalue weighted by Crippen LogP contribution is 2.33. The van der Waals surface area contributed by atoms with Crippen molar-refractivity contribution in [3.05, 3.63) is 36.4 Å². The van der Waals surface area contributed by atoms with Crippen LogP contribution in [0.25, 0.3) is 10.3 Å². The number of rotatable bonds is 5. The van der Waals surface area contributed by atoms with E-state index >= 15 is 0 Å². The quantitative estimate of drug-likeness (QED) is 0.624. The topological polar surface area (TPSA) is 87.2 Å². The summed E-state index contributed by atoms with van der Waals surface area (Å²) < 4.78 is 37.4. The molecule has 1 aromatic carbocycles. The molecule has 1 aliphatic rings. The number of halogens is 3. The van der Waals surface area contributed by atoms with Crippen molar-refractivity contribution < 1.29 is 22.8 Å². The zero-order valence-corrected chi connectivity index (χ0v) is 16.5. The van der Waals surface area contributed by atoms with Crippen LogP contribution in [-0.2, 0) is 9.59 Å². The Bertz CT molecular complexity index is 1130. The zero-order valence-electron chi connectivity index (χ0n) is 15.7. The van der Waals surface area contributed by atoms with Crippen LogP contribution in [0, 0.1) is 5.92 Å². The van der Waals surface area contributed by atoms with Crippen molar-refractivity contribution in [1.29, 1.82) is 0 Å². The number of thiazole rings is 1. The fourth-order valence-electron chi connectivity index (χ4n) is 2.73. The Morgan fingerprint density at radius 1 is 1.13 bits per heavy atom. The van der Waals surface area contributed by atoms with Gasteiger partial charge in [-0.15, -0.1) is 0 Å². The lowest BCUT2D eigenvalue weighted by atomic mass is 10.2. The SMILES string of the molecule is CN(c1cccc(NC(=O)C(F)(F)F)c1)c1ccc2nc(NC(=O)C3CC3)sc2n1. The molecule has 0 aliphatic heterocycles. The molecule has 156 valence electrons. The van der Waals surface area contributed by atoms with Crippen LogP contribution < -0.4 is 15.5 Å². The third-order valence-electron chi connectivity index (χ3n) is 4.51. The number of benzene rings is 1. The Labute approximate surface area is 172 Å². The number of nitrogens with zero attached hydrogens (tertiary/aromatic N) is 3. The molecule has 2 heterocycles. The van der Waals surface area contributed by atoms with Gasteiger partial charge in [0, 0.05) is 24.3 Å². The minimum Gasteiger partial charge on any atom is -0.329 e. The first kappa shape index (κ1) is 20.1. The second-order valence-corrected chi connectivity index (χ2v) is 7.82. The number of carbonyl (C=O) groups is 2. The standard InChI is InChI=1S/C19H16F3N5O2S/c1-27(12-4-2-3-11(9-12)23-17(29)19(20,21)22)14-8-7-13-16(25-14)30-18(24-13)26-15(28)10-5-6-10/h2-4,7-10H,5-6H2,1H3,(H,23,29)(H,24,26,28). The van der Waals surface area contributed by atoms with E-state index in [1.807, 2.05) is 5.32 Å². The van der Waals surface area contributed by atoms with Crippen molar-refractivity contribution >= 4 is 55.8 Å². The first-order valence-electron chi connectivity index (χ1n) is 9.01. The molecule has 1 saturated carbocycles. The predicted octanol–water partition coefficient (Wildman–Crippen LogP) is 4.31. The minimum absolute atomic E-state index is 0.0191. The van der Waals surface area contributed by atoms with Gasteiger partial charge in [0.2, 0.25) is 5.91 Å². The lowest BCUT2D eigenvalue weighted by molar-refractivity contribution is -0.167. The van der Waals surface area contributed by atoms with E-state index in [4.69, 9.17) is 0 Å². The van der Waals surface area contributed by atoms with Gasteiger partial charge in [0.25, 0.3) is 0 Å². The van der Waals surface area contributed by atoms with Crippen LogP contribution in [0.2, 0.25) is 0 Å². The van der Waals surface area contributed by atoms with Gasteiger partial charge in [-0.05, 0) is 43.2 Å².